The average Bonchev–Trinajstić information content (AvgIpc) is 3.15. The minimum Gasteiger partial charge on any atom is -0.198 e. The Morgan fingerprint density at radius 1 is 0.912 bits per heavy atom. The summed E-state index contributed by atoms with van der Waals surface area (Å²) in [7, 11) is 0. The van der Waals surface area contributed by atoms with Crippen LogP contribution in [0.2, 0.25) is 10.6 Å². The average molecular weight is 480 g/mol. The molecule has 1 aromatic heterocycles. The number of benzene rings is 2. The van der Waals surface area contributed by atoms with Gasteiger partial charge in [0.05, 0.1) is 5.41 Å². The molecule has 0 fully saturated rings. The predicted octanol–water partition coefficient (Wildman–Crippen LogP) is 7.14. The predicted molar refractivity (Wildman–Crippen MR) is 136 cm³/mol. The molecule has 0 bridgehead atoms. The third kappa shape index (κ3) is 3.10. The number of hydrogen-bond donors (Lipinski definition) is 0. The first-order chi connectivity index (χ1) is 16.6. The normalized spacial score (nSPS) is 17.8. The van der Waals surface area contributed by atoms with Crippen LogP contribution in [0.1, 0.15) is 35.6 Å². The van der Waals surface area contributed by atoms with Crippen molar-refractivity contribution in [2.45, 2.75) is 18.8 Å². The van der Waals surface area contributed by atoms with Crippen LogP contribution in [0.25, 0.3) is 17.0 Å². The van der Waals surface area contributed by atoms with Gasteiger partial charge in [0, 0.05) is 11.1 Å². The van der Waals surface area contributed by atoms with E-state index < -0.39 is 5.41 Å². The minimum atomic E-state index is -0.501. The molecule has 0 amide bonds. The van der Waals surface area contributed by atoms with E-state index in [1.165, 1.54) is 22.3 Å². The molecule has 2 unspecified atom stereocenters. The molecule has 2 aliphatic rings. The summed E-state index contributed by atoms with van der Waals surface area (Å²) in [4.78, 5) is 12.8. The maximum atomic E-state index is 6.17. The zero-order chi connectivity index (χ0) is 23.3. The lowest BCUT2D eigenvalue weighted by molar-refractivity contribution is 0.622. The van der Waals surface area contributed by atoms with Crippen LogP contribution in [-0.2, 0) is 5.41 Å². The molecule has 0 aliphatic heterocycles. The number of hydrogen-bond acceptors (Lipinski definition) is 3. The second-order valence-corrected chi connectivity index (χ2v) is 9.36. The van der Waals surface area contributed by atoms with Gasteiger partial charge in [0.25, 0.3) is 0 Å². The number of halogens is 2. The number of rotatable bonds is 3. The molecule has 2 atom stereocenters. The Labute approximate surface area is 208 Å². The molecule has 3 aromatic carbocycles. The van der Waals surface area contributed by atoms with Crippen molar-refractivity contribution >= 4 is 28.8 Å². The van der Waals surface area contributed by atoms with E-state index in [0.29, 0.717) is 11.7 Å². The van der Waals surface area contributed by atoms with Crippen molar-refractivity contribution in [1.82, 2.24) is 15.0 Å². The summed E-state index contributed by atoms with van der Waals surface area (Å²) in [5.74, 6) is 0.876. The van der Waals surface area contributed by atoms with E-state index in [1.54, 1.807) is 0 Å². The standard InChI is InChI=1S/C29H19Cl2N3/c1-18-15-16-21-24(17-18)29(19-9-4-2-5-10-19,20-11-6-3-7-12-20)23-14-8-13-22(25(21)23)26-32-27(30)34-28(31)33-26/h2-6,8-11,13-16,18H,17H2,1H3. The Morgan fingerprint density at radius 2 is 1.71 bits per heavy atom. The van der Waals surface area contributed by atoms with Crippen LogP contribution in [-0.4, -0.2) is 15.0 Å². The van der Waals surface area contributed by atoms with Crippen LogP contribution in [0.15, 0.2) is 84.5 Å². The highest BCUT2D eigenvalue weighted by atomic mass is 35.5. The van der Waals surface area contributed by atoms with E-state index >= 15 is 0 Å². The molecule has 6 rings (SSSR count). The highest BCUT2D eigenvalue weighted by Gasteiger charge is 2.49. The number of nitrogens with zero attached hydrogens (tertiary/aromatic N) is 3. The molecule has 0 radical (unpaired) electrons. The SMILES string of the molecule is CC1C=CC2=C(C1)C(c1c#cccc1)(c1ccccc1)c1cccc(-c3nc(Cl)nc(Cl)n3)c12. The monoisotopic (exact) mass is 479 g/mol. The van der Waals surface area contributed by atoms with E-state index in [1.807, 2.05) is 18.2 Å². The summed E-state index contributed by atoms with van der Waals surface area (Å²) in [5.41, 5.74) is 7.45. The number of fused-ring (bicyclic) bond motifs is 2. The molecular formula is C29H19Cl2N3. The Hall–Kier alpha value is -3.45. The fraction of sp³-hybridized carbons (Fsp3) is 0.138. The van der Waals surface area contributed by atoms with Crippen LogP contribution >= 0.6 is 23.2 Å². The van der Waals surface area contributed by atoms with Crippen LogP contribution < -0.4 is 0 Å². The molecule has 1 heterocycles. The molecule has 0 saturated carbocycles. The van der Waals surface area contributed by atoms with Gasteiger partial charge in [0.2, 0.25) is 10.6 Å². The van der Waals surface area contributed by atoms with Crippen LogP contribution in [0.4, 0.5) is 0 Å². The van der Waals surface area contributed by atoms with E-state index in [2.05, 4.69) is 94.7 Å². The van der Waals surface area contributed by atoms with Crippen molar-refractivity contribution in [3.8, 4) is 11.4 Å². The molecule has 2 aliphatic carbocycles. The first kappa shape index (κ1) is 21.1. The van der Waals surface area contributed by atoms with E-state index in [0.717, 1.165) is 23.1 Å². The Bertz CT molecular complexity index is 1400. The van der Waals surface area contributed by atoms with E-state index in [-0.39, 0.29) is 10.6 Å². The molecule has 5 heteroatoms. The smallest absolute Gasteiger partial charge is 0.198 e. The zero-order valence-electron chi connectivity index (χ0n) is 18.4. The molecule has 34 heavy (non-hydrogen) atoms. The van der Waals surface area contributed by atoms with Gasteiger partial charge in [0.1, 0.15) is 0 Å². The third-order valence-electron chi connectivity index (χ3n) is 6.71. The van der Waals surface area contributed by atoms with Gasteiger partial charge in [-0.15, -0.1) is 0 Å². The van der Waals surface area contributed by atoms with Crippen LogP contribution in [0.3, 0.4) is 0 Å². The highest BCUT2D eigenvalue weighted by Crippen LogP contribution is 2.58. The zero-order valence-corrected chi connectivity index (χ0v) is 19.9. The van der Waals surface area contributed by atoms with Gasteiger partial charge in [-0.05, 0) is 75.5 Å². The largest absolute Gasteiger partial charge is 0.227 e. The lowest BCUT2D eigenvalue weighted by Crippen LogP contribution is -2.30. The van der Waals surface area contributed by atoms with Gasteiger partial charge >= 0.3 is 0 Å². The summed E-state index contributed by atoms with van der Waals surface area (Å²) in [6.45, 7) is 2.26. The van der Waals surface area contributed by atoms with Crippen molar-refractivity contribution in [3.63, 3.8) is 0 Å². The summed E-state index contributed by atoms with van der Waals surface area (Å²) in [6, 6.07) is 29.6. The molecule has 0 spiro atoms. The van der Waals surface area contributed by atoms with Crippen molar-refractivity contribution in [1.29, 1.82) is 0 Å². The number of allylic oxidation sites excluding steroid dienone is 4. The van der Waals surface area contributed by atoms with Crippen molar-refractivity contribution in [2.75, 3.05) is 0 Å². The van der Waals surface area contributed by atoms with Gasteiger partial charge in [-0.1, -0.05) is 85.8 Å². The molecule has 0 N–H and O–H groups in total. The second-order valence-electron chi connectivity index (χ2n) is 8.68. The molecule has 3 nitrogen and oxygen atoms in total. The summed E-state index contributed by atoms with van der Waals surface area (Å²) in [6.07, 6.45) is 5.44. The fourth-order valence-corrected chi connectivity index (χ4v) is 5.82. The van der Waals surface area contributed by atoms with Gasteiger partial charge in [-0.2, -0.15) is 15.0 Å². The maximum absolute atomic E-state index is 6.17. The molecule has 4 aromatic rings. The fourth-order valence-electron chi connectivity index (χ4n) is 5.45. The van der Waals surface area contributed by atoms with Crippen molar-refractivity contribution in [3.05, 3.63) is 129 Å². The second kappa shape index (κ2) is 8.09. The third-order valence-corrected chi connectivity index (χ3v) is 7.05. The quantitative estimate of drug-likeness (QED) is 0.313. The van der Waals surface area contributed by atoms with Crippen molar-refractivity contribution < 1.29 is 0 Å². The summed E-state index contributed by atoms with van der Waals surface area (Å²) >= 11 is 12.3. The van der Waals surface area contributed by atoms with Gasteiger partial charge in [-0.3, -0.25) is 0 Å². The molecule has 0 saturated heterocycles. The maximum Gasteiger partial charge on any atom is 0.227 e. The van der Waals surface area contributed by atoms with E-state index in [4.69, 9.17) is 23.2 Å². The lowest BCUT2D eigenvalue weighted by Gasteiger charge is -2.36. The first-order valence-electron chi connectivity index (χ1n) is 11.2. The number of aromatic nitrogens is 3. The van der Waals surface area contributed by atoms with Gasteiger partial charge < -0.3 is 0 Å². The first-order valence-corrected chi connectivity index (χ1v) is 11.9. The van der Waals surface area contributed by atoms with Gasteiger partial charge in [0.15, 0.2) is 5.82 Å². The van der Waals surface area contributed by atoms with Gasteiger partial charge in [-0.25, -0.2) is 0 Å². The van der Waals surface area contributed by atoms with Crippen LogP contribution in [0.5, 0.6) is 0 Å². The Kier molecular flexibility index (Phi) is 5.03. The Morgan fingerprint density at radius 3 is 2.44 bits per heavy atom. The Balaban J connectivity index is 1.75. The van der Waals surface area contributed by atoms with E-state index in [9.17, 15) is 0 Å². The minimum absolute atomic E-state index is 0.0768. The van der Waals surface area contributed by atoms with Crippen LogP contribution in [0, 0.1) is 18.1 Å². The topological polar surface area (TPSA) is 38.7 Å². The molecular weight excluding hydrogens is 461 g/mol. The van der Waals surface area contributed by atoms with Crippen molar-refractivity contribution in [2.24, 2.45) is 5.92 Å². The lowest BCUT2D eigenvalue weighted by atomic mass is 9.65. The highest BCUT2D eigenvalue weighted by molar-refractivity contribution is 6.31. The molecule has 164 valence electrons. The summed E-state index contributed by atoms with van der Waals surface area (Å²) < 4.78 is 0. The summed E-state index contributed by atoms with van der Waals surface area (Å²) in [5, 5.41) is 0.154.